The number of carbonyl (C=O) groups is 2. The van der Waals surface area contributed by atoms with Gasteiger partial charge in [-0.1, -0.05) is 12.8 Å². The Balaban J connectivity index is 2.06. The summed E-state index contributed by atoms with van der Waals surface area (Å²) in [5, 5.41) is 17.7. The predicted octanol–water partition coefficient (Wildman–Crippen LogP) is 0.379. The van der Waals surface area contributed by atoms with E-state index in [2.05, 4.69) is 5.32 Å². The molecule has 1 aliphatic rings. The monoisotopic (exact) mass is 318 g/mol. The second kappa shape index (κ2) is 5.51. The Hall–Kier alpha value is -1.45. The zero-order valence-corrected chi connectivity index (χ0v) is 12.0. The van der Waals surface area contributed by atoms with Crippen molar-refractivity contribution in [1.29, 1.82) is 0 Å². The summed E-state index contributed by atoms with van der Waals surface area (Å²) in [6.45, 7) is 0. The molecular weight excluding hydrogens is 304 g/mol. The fraction of sp³-hybridized carbons (Fsp3) is 0.455. The fourth-order valence-corrected chi connectivity index (χ4v) is 3.32. The summed E-state index contributed by atoms with van der Waals surface area (Å²) in [5.74, 6) is -1.35. The second-order valence-electron chi connectivity index (χ2n) is 4.74. The summed E-state index contributed by atoms with van der Waals surface area (Å²) in [4.78, 5) is 23.0. The van der Waals surface area contributed by atoms with Crippen LogP contribution in [0.25, 0.3) is 0 Å². The Bertz CT molecular complexity index is 633. The first-order valence-corrected chi connectivity index (χ1v) is 8.35. The molecule has 1 unspecified atom stereocenters. The molecule has 1 fully saturated rings. The van der Waals surface area contributed by atoms with Gasteiger partial charge in [-0.15, -0.1) is 11.3 Å². The van der Waals surface area contributed by atoms with Crippen LogP contribution in [-0.4, -0.2) is 31.4 Å². The van der Waals surface area contributed by atoms with E-state index in [0.717, 1.165) is 30.2 Å². The minimum atomic E-state index is -3.85. The van der Waals surface area contributed by atoms with Crippen LogP contribution < -0.4 is 10.5 Å². The normalized spacial score (nSPS) is 16.6. The van der Waals surface area contributed by atoms with Gasteiger partial charge in [-0.3, -0.25) is 4.79 Å². The Morgan fingerprint density at radius 1 is 1.50 bits per heavy atom. The zero-order chi connectivity index (χ0) is 14.9. The number of nitrogens with two attached hydrogens (primary N) is 1. The third kappa shape index (κ3) is 3.78. The van der Waals surface area contributed by atoms with Crippen molar-refractivity contribution in [3.63, 3.8) is 0 Å². The van der Waals surface area contributed by atoms with E-state index in [1.807, 2.05) is 0 Å². The highest BCUT2D eigenvalue weighted by molar-refractivity contribution is 7.91. The number of primary sulfonamides is 1. The third-order valence-electron chi connectivity index (χ3n) is 2.99. The summed E-state index contributed by atoms with van der Waals surface area (Å²) in [6.07, 6.45) is 2.36. The van der Waals surface area contributed by atoms with Gasteiger partial charge in [0.05, 0.1) is 5.56 Å². The van der Waals surface area contributed by atoms with E-state index in [9.17, 15) is 18.0 Å². The van der Waals surface area contributed by atoms with Crippen LogP contribution in [0.1, 0.15) is 29.6 Å². The molecule has 0 bridgehead atoms. The molecule has 1 atom stereocenters. The summed E-state index contributed by atoms with van der Waals surface area (Å²) >= 11 is 0.825. The van der Waals surface area contributed by atoms with Crippen molar-refractivity contribution in [2.24, 2.45) is 11.1 Å². The quantitative estimate of drug-likeness (QED) is 0.699. The van der Waals surface area contributed by atoms with Gasteiger partial charge < -0.3 is 10.4 Å². The molecule has 1 amide bonds. The lowest BCUT2D eigenvalue weighted by Gasteiger charge is -2.13. The van der Waals surface area contributed by atoms with Crippen molar-refractivity contribution in [2.75, 3.05) is 0 Å². The van der Waals surface area contributed by atoms with Gasteiger partial charge in [-0.2, -0.15) is 0 Å². The van der Waals surface area contributed by atoms with Crippen LogP contribution in [-0.2, 0) is 14.8 Å². The summed E-state index contributed by atoms with van der Waals surface area (Å²) < 4.78 is 22.1. The molecule has 20 heavy (non-hydrogen) atoms. The van der Waals surface area contributed by atoms with Crippen LogP contribution in [0.4, 0.5) is 0 Å². The average Bonchev–Trinajstić information content (AvgIpc) is 2.99. The van der Waals surface area contributed by atoms with E-state index < -0.39 is 27.9 Å². The van der Waals surface area contributed by atoms with Gasteiger partial charge in [-0.05, 0) is 18.4 Å². The molecule has 0 aliphatic heterocycles. The van der Waals surface area contributed by atoms with Crippen LogP contribution in [0.3, 0.4) is 0 Å². The summed E-state index contributed by atoms with van der Waals surface area (Å²) in [6, 6.07) is 0.193. The van der Waals surface area contributed by atoms with E-state index >= 15 is 0 Å². The SMILES string of the molecule is NS(=O)(=O)c1cc(C(=O)NC(CC2CC2)C(=O)O)cs1. The summed E-state index contributed by atoms with van der Waals surface area (Å²) in [7, 11) is -3.85. The number of rotatable bonds is 6. The maximum absolute atomic E-state index is 11.9. The number of hydrogen-bond donors (Lipinski definition) is 3. The lowest BCUT2D eigenvalue weighted by molar-refractivity contribution is -0.139. The number of carboxylic acid groups (broad SMARTS) is 1. The van der Waals surface area contributed by atoms with Gasteiger partial charge in [0, 0.05) is 5.38 Å². The minimum absolute atomic E-state index is 0.0982. The van der Waals surface area contributed by atoms with Crippen molar-refractivity contribution < 1.29 is 23.1 Å². The van der Waals surface area contributed by atoms with Gasteiger partial charge in [0.1, 0.15) is 10.3 Å². The molecule has 110 valence electrons. The maximum Gasteiger partial charge on any atom is 0.326 e. The first kappa shape index (κ1) is 14.9. The molecule has 2 rings (SSSR count). The van der Waals surface area contributed by atoms with Crippen LogP contribution >= 0.6 is 11.3 Å². The highest BCUT2D eigenvalue weighted by Crippen LogP contribution is 2.33. The van der Waals surface area contributed by atoms with Crippen LogP contribution in [0.5, 0.6) is 0 Å². The van der Waals surface area contributed by atoms with Gasteiger partial charge in [0.2, 0.25) is 10.0 Å². The Kier molecular flexibility index (Phi) is 4.11. The van der Waals surface area contributed by atoms with Crippen LogP contribution in [0.15, 0.2) is 15.7 Å². The second-order valence-corrected chi connectivity index (χ2v) is 7.44. The molecule has 1 heterocycles. The van der Waals surface area contributed by atoms with Gasteiger partial charge in [0.25, 0.3) is 5.91 Å². The number of carbonyl (C=O) groups excluding carboxylic acids is 1. The molecule has 0 radical (unpaired) electrons. The van der Waals surface area contributed by atoms with Gasteiger partial charge in [0.15, 0.2) is 0 Å². The fourth-order valence-electron chi connectivity index (χ4n) is 1.73. The van der Waals surface area contributed by atoms with Crippen LogP contribution in [0, 0.1) is 5.92 Å². The lowest BCUT2D eigenvalue weighted by Crippen LogP contribution is -2.41. The molecule has 0 spiro atoms. The minimum Gasteiger partial charge on any atom is -0.480 e. The highest BCUT2D eigenvalue weighted by Gasteiger charge is 2.30. The Labute approximate surface area is 119 Å². The van der Waals surface area contributed by atoms with Crippen molar-refractivity contribution in [3.05, 3.63) is 17.0 Å². The Morgan fingerprint density at radius 2 is 2.15 bits per heavy atom. The van der Waals surface area contributed by atoms with Crippen molar-refractivity contribution >= 4 is 33.2 Å². The number of amides is 1. The Morgan fingerprint density at radius 3 is 2.60 bits per heavy atom. The number of carboxylic acids is 1. The van der Waals surface area contributed by atoms with Crippen molar-refractivity contribution in [2.45, 2.75) is 29.5 Å². The van der Waals surface area contributed by atoms with E-state index in [4.69, 9.17) is 10.2 Å². The molecule has 9 heteroatoms. The number of thiophene rings is 1. The summed E-state index contributed by atoms with van der Waals surface area (Å²) in [5.41, 5.74) is 0.0982. The zero-order valence-electron chi connectivity index (χ0n) is 10.4. The largest absolute Gasteiger partial charge is 0.480 e. The first-order chi connectivity index (χ1) is 9.27. The first-order valence-electron chi connectivity index (χ1n) is 5.92. The van der Waals surface area contributed by atoms with Crippen LogP contribution in [0.2, 0.25) is 0 Å². The van der Waals surface area contributed by atoms with E-state index in [0.29, 0.717) is 12.3 Å². The number of hydrogen-bond acceptors (Lipinski definition) is 5. The van der Waals surface area contributed by atoms with E-state index in [1.165, 1.54) is 5.38 Å². The molecule has 0 saturated heterocycles. The molecule has 1 aliphatic carbocycles. The topological polar surface area (TPSA) is 127 Å². The van der Waals surface area contributed by atoms with Crippen molar-refractivity contribution in [3.8, 4) is 0 Å². The molecule has 1 aromatic heterocycles. The highest BCUT2D eigenvalue weighted by atomic mass is 32.2. The average molecular weight is 318 g/mol. The number of sulfonamides is 1. The molecule has 1 saturated carbocycles. The molecule has 4 N–H and O–H groups in total. The molecule has 0 aromatic carbocycles. The maximum atomic E-state index is 11.9. The predicted molar refractivity (Wildman–Crippen MR) is 71.9 cm³/mol. The van der Waals surface area contributed by atoms with Gasteiger partial charge in [-0.25, -0.2) is 18.4 Å². The molecular formula is C11H14N2O5S2. The van der Waals surface area contributed by atoms with Crippen molar-refractivity contribution in [1.82, 2.24) is 5.32 Å². The van der Waals surface area contributed by atoms with Gasteiger partial charge >= 0.3 is 5.97 Å². The number of nitrogens with one attached hydrogen (secondary N) is 1. The molecule has 1 aromatic rings. The third-order valence-corrected chi connectivity index (χ3v) is 5.37. The standard InChI is InChI=1S/C11H14N2O5S2/c12-20(17,18)9-4-7(5-19-9)10(14)13-8(11(15)16)3-6-1-2-6/h4-6,8H,1-3H2,(H,13,14)(H,15,16)(H2,12,17,18). The van der Waals surface area contributed by atoms with E-state index in [-0.39, 0.29) is 9.77 Å². The molecule has 7 nitrogen and oxygen atoms in total. The number of aliphatic carboxylic acids is 1. The smallest absolute Gasteiger partial charge is 0.326 e. The van der Waals surface area contributed by atoms with E-state index in [1.54, 1.807) is 0 Å². The lowest BCUT2D eigenvalue weighted by atomic mass is 10.1.